The Hall–Kier alpha value is -0.210. The molecule has 1 aromatic rings. The van der Waals surface area contributed by atoms with E-state index in [0.29, 0.717) is 5.02 Å². The van der Waals surface area contributed by atoms with Gasteiger partial charge in [0.15, 0.2) is 0 Å². The Morgan fingerprint density at radius 3 is 2.93 bits per heavy atom. The molecule has 14 heavy (non-hydrogen) atoms. The van der Waals surface area contributed by atoms with Crippen LogP contribution in [-0.2, 0) is 6.42 Å². The Labute approximate surface area is 97.5 Å². The van der Waals surface area contributed by atoms with Crippen LogP contribution < -0.4 is 4.74 Å². The van der Waals surface area contributed by atoms with Crippen LogP contribution in [0, 0.1) is 0 Å². The first-order chi connectivity index (χ1) is 6.54. The van der Waals surface area contributed by atoms with Crippen molar-refractivity contribution in [3.05, 3.63) is 27.2 Å². The molecule has 1 aromatic carbocycles. The van der Waals surface area contributed by atoms with Crippen molar-refractivity contribution in [1.82, 2.24) is 0 Å². The van der Waals surface area contributed by atoms with E-state index in [1.165, 1.54) is 5.56 Å². The lowest BCUT2D eigenvalue weighted by Crippen LogP contribution is -2.28. The van der Waals surface area contributed by atoms with E-state index < -0.39 is 0 Å². The van der Waals surface area contributed by atoms with E-state index >= 15 is 0 Å². The highest BCUT2D eigenvalue weighted by atomic mass is 79.9. The van der Waals surface area contributed by atoms with Gasteiger partial charge in [0.1, 0.15) is 11.4 Å². The molecule has 1 aliphatic heterocycles. The Morgan fingerprint density at radius 2 is 2.29 bits per heavy atom. The number of hydrogen-bond acceptors (Lipinski definition) is 1. The van der Waals surface area contributed by atoms with Gasteiger partial charge in [0.25, 0.3) is 0 Å². The summed E-state index contributed by atoms with van der Waals surface area (Å²) in [6.07, 6.45) is 1.94. The lowest BCUT2D eigenvalue weighted by molar-refractivity contribution is 0.112. The van der Waals surface area contributed by atoms with Gasteiger partial charge in [0.05, 0.1) is 5.02 Å². The highest BCUT2D eigenvalue weighted by Gasteiger charge is 2.34. The first-order valence-electron chi connectivity index (χ1n) is 4.71. The van der Waals surface area contributed by atoms with Crippen LogP contribution >= 0.6 is 27.5 Å². The Bertz CT molecular complexity index is 378. The van der Waals surface area contributed by atoms with Gasteiger partial charge in [0.2, 0.25) is 0 Å². The molecule has 1 aliphatic rings. The molecule has 0 fully saturated rings. The maximum Gasteiger partial charge on any atom is 0.142 e. The summed E-state index contributed by atoms with van der Waals surface area (Å²) in [5, 5.41) is 0.701. The van der Waals surface area contributed by atoms with Crippen molar-refractivity contribution < 1.29 is 4.74 Å². The Kier molecular flexibility index (Phi) is 2.52. The largest absolute Gasteiger partial charge is 0.485 e. The molecule has 1 atom stereocenters. The van der Waals surface area contributed by atoms with E-state index in [1.54, 1.807) is 0 Å². The second-order valence-corrected chi connectivity index (χ2v) is 5.28. The zero-order chi connectivity index (χ0) is 10.3. The first-order valence-corrected chi connectivity index (χ1v) is 5.88. The van der Waals surface area contributed by atoms with Gasteiger partial charge in [-0.3, -0.25) is 0 Å². The summed E-state index contributed by atoms with van der Waals surface area (Å²) < 4.78 is 6.90. The number of benzene rings is 1. The molecule has 0 aromatic heterocycles. The first kappa shape index (κ1) is 10.3. The van der Waals surface area contributed by atoms with Crippen LogP contribution in [0.2, 0.25) is 5.02 Å². The molecule has 1 nitrogen and oxygen atoms in total. The van der Waals surface area contributed by atoms with Gasteiger partial charge in [-0.25, -0.2) is 0 Å². The van der Waals surface area contributed by atoms with Crippen molar-refractivity contribution in [3.8, 4) is 5.75 Å². The molecule has 0 saturated carbocycles. The van der Waals surface area contributed by atoms with Crippen LogP contribution in [0.1, 0.15) is 25.8 Å². The summed E-state index contributed by atoms with van der Waals surface area (Å²) in [6.45, 7) is 4.26. The van der Waals surface area contributed by atoms with Crippen LogP contribution in [-0.4, -0.2) is 5.60 Å². The van der Waals surface area contributed by atoms with Crippen molar-refractivity contribution in [2.75, 3.05) is 0 Å². The molecule has 76 valence electrons. The number of ether oxygens (including phenoxy) is 1. The van der Waals surface area contributed by atoms with Gasteiger partial charge >= 0.3 is 0 Å². The Balaban J connectivity index is 2.44. The zero-order valence-electron chi connectivity index (χ0n) is 8.23. The molecule has 3 heteroatoms. The molecular formula is C11H12BrClO. The fourth-order valence-electron chi connectivity index (χ4n) is 1.74. The maximum absolute atomic E-state index is 6.10. The van der Waals surface area contributed by atoms with E-state index in [0.717, 1.165) is 23.1 Å². The third kappa shape index (κ3) is 1.66. The summed E-state index contributed by atoms with van der Waals surface area (Å²) in [7, 11) is 0. The normalized spacial score (nSPS) is 24.6. The van der Waals surface area contributed by atoms with Gasteiger partial charge < -0.3 is 4.74 Å². The molecule has 0 saturated heterocycles. The predicted molar refractivity (Wildman–Crippen MR) is 62.2 cm³/mol. The fraction of sp³-hybridized carbons (Fsp3) is 0.455. The summed E-state index contributed by atoms with van der Waals surface area (Å²) in [5.41, 5.74) is 1.13. The number of halogens is 2. The minimum absolute atomic E-state index is 0.0766. The van der Waals surface area contributed by atoms with Gasteiger partial charge in [-0.1, -0.05) is 34.5 Å². The average molecular weight is 276 g/mol. The zero-order valence-corrected chi connectivity index (χ0v) is 10.6. The molecule has 0 bridgehead atoms. The lowest BCUT2D eigenvalue weighted by atomic mass is 9.97. The van der Waals surface area contributed by atoms with Crippen molar-refractivity contribution >= 4 is 27.5 Å². The monoisotopic (exact) mass is 274 g/mol. The molecule has 0 amide bonds. The maximum atomic E-state index is 6.10. The van der Waals surface area contributed by atoms with Crippen molar-refractivity contribution in [2.24, 2.45) is 0 Å². The van der Waals surface area contributed by atoms with Crippen LogP contribution in [0.4, 0.5) is 0 Å². The number of hydrogen-bond donors (Lipinski definition) is 0. The minimum atomic E-state index is -0.0766. The van der Waals surface area contributed by atoms with Crippen molar-refractivity contribution in [3.63, 3.8) is 0 Å². The van der Waals surface area contributed by atoms with Crippen LogP contribution in [0.15, 0.2) is 16.6 Å². The van der Waals surface area contributed by atoms with E-state index in [9.17, 15) is 0 Å². The summed E-state index contributed by atoms with van der Waals surface area (Å²) >= 11 is 9.54. The highest BCUT2D eigenvalue weighted by molar-refractivity contribution is 9.10. The van der Waals surface area contributed by atoms with Crippen molar-refractivity contribution in [1.29, 1.82) is 0 Å². The second kappa shape index (κ2) is 3.42. The molecular weight excluding hydrogens is 263 g/mol. The summed E-state index contributed by atoms with van der Waals surface area (Å²) in [4.78, 5) is 0. The third-order valence-electron chi connectivity index (χ3n) is 2.75. The number of fused-ring (bicyclic) bond motifs is 1. The predicted octanol–water partition coefficient (Wildman–Crippen LogP) is 4.21. The second-order valence-electron chi connectivity index (χ2n) is 3.96. The van der Waals surface area contributed by atoms with Gasteiger partial charge in [0, 0.05) is 16.5 Å². The standard InChI is InChI=1S/C11H12BrClO/c1-3-11(2)6-7-4-8(12)5-9(13)10(7)14-11/h4-5H,3,6H2,1-2H3. The highest BCUT2D eigenvalue weighted by Crippen LogP contribution is 2.43. The molecule has 1 heterocycles. The van der Waals surface area contributed by atoms with E-state index in [1.807, 2.05) is 6.07 Å². The average Bonchev–Trinajstić information content (AvgIpc) is 2.43. The van der Waals surface area contributed by atoms with E-state index in [4.69, 9.17) is 16.3 Å². The molecule has 0 radical (unpaired) electrons. The van der Waals surface area contributed by atoms with E-state index in [-0.39, 0.29) is 5.60 Å². The lowest BCUT2D eigenvalue weighted by Gasteiger charge is -2.21. The van der Waals surface area contributed by atoms with Crippen LogP contribution in [0.3, 0.4) is 0 Å². The summed E-state index contributed by atoms with van der Waals surface area (Å²) in [5.74, 6) is 0.860. The summed E-state index contributed by atoms with van der Waals surface area (Å²) in [6, 6.07) is 3.96. The molecule has 0 spiro atoms. The van der Waals surface area contributed by atoms with Gasteiger partial charge in [-0.2, -0.15) is 0 Å². The smallest absolute Gasteiger partial charge is 0.142 e. The van der Waals surface area contributed by atoms with Gasteiger partial charge in [-0.05, 0) is 25.5 Å². The quantitative estimate of drug-likeness (QED) is 0.746. The third-order valence-corrected chi connectivity index (χ3v) is 3.48. The SMILES string of the molecule is CCC1(C)Cc2cc(Br)cc(Cl)c2O1. The van der Waals surface area contributed by atoms with Gasteiger partial charge in [-0.15, -0.1) is 0 Å². The fourth-order valence-corrected chi connectivity index (χ4v) is 2.66. The van der Waals surface area contributed by atoms with Crippen molar-refractivity contribution in [2.45, 2.75) is 32.3 Å². The minimum Gasteiger partial charge on any atom is -0.485 e. The van der Waals surface area contributed by atoms with Crippen LogP contribution in [0.25, 0.3) is 0 Å². The molecule has 0 N–H and O–H groups in total. The molecule has 2 rings (SSSR count). The van der Waals surface area contributed by atoms with E-state index in [2.05, 4.69) is 35.8 Å². The molecule has 0 aliphatic carbocycles. The topological polar surface area (TPSA) is 9.23 Å². The Morgan fingerprint density at radius 1 is 1.57 bits per heavy atom. The molecule has 1 unspecified atom stereocenters. The number of rotatable bonds is 1. The van der Waals surface area contributed by atoms with Crippen LogP contribution in [0.5, 0.6) is 5.75 Å².